The van der Waals surface area contributed by atoms with Gasteiger partial charge in [0.05, 0.1) is 20.8 Å². The van der Waals surface area contributed by atoms with E-state index in [1.165, 1.54) is 0 Å². The maximum absolute atomic E-state index is 10.9. The first-order valence-electron chi connectivity index (χ1n) is 4.91. The molecule has 1 saturated heterocycles. The van der Waals surface area contributed by atoms with Crippen molar-refractivity contribution in [3.05, 3.63) is 23.8 Å². The average Bonchev–Trinajstić information content (AvgIpc) is 2.75. The zero-order chi connectivity index (χ0) is 11.5. The summed E-state index contributed by atoms with van der Waals surface area (Å²) in [5.41, 5.74) is 0.885. The number of carbonyl (C=O) groups excluding carboxylic acids is 1. The molecule has 5 nitrogen and oxygen atoms in total. The van der Waals surface area contributed by atoms with Crippen LogP contribution in [0.4, 0.5) is 4.79 Å². The third kappa shape index (κ3) is 1.88. The molecule has 0 radical (unpaired) electrons. The van der Waals surface area contributed by atoms with Crippen molar-refractivity contribution in [2.75, 3.05) is 20.8 Å². The van der Waals surface area contributed by atoms with E-state index in [1.807, 2.05) is 12.1 Å². The number of alkyl carbamates (subject to hydrolysis) is 1. The van der Waals surface area contributed by atoms with Gasteiger partial charge in [-0.25, -0.2) is 4.79 Å². The highest BCUT2D eigenvalue weighted by molar-refractivity contribution is 5.69. The van der Waals surface area contributed by atoms with Crippen LogP contribution in [-0.4, -0.2) is 26.9 Å². The highest BCUT2D eigenvalue weighted by Gasteiger charge is 2.24. The van der Waals surface area contributed by atoms with Crippen LogP contribution in [0.5, 0.6) is 11.5 Å². The van der Waals surface area contributed by atoms with Crippen LogP contribution < -0.4 is 14.8 Å². The average molecular weight is 223 g/mol. The Morgan fingerprint density at radius 3 is 2.62 bits per heavy atom. The van der Waals surface area contributed by atoms with Gasteiger partial charge in [0, 0.05) is 0 Å². The Kier molecular flexibility index (Phi) is 2.85. The third-order valence-electron chi connectivity index (χ3n) is 2.46. The molecule has 1 aliphatic heterocycles. The van der Waals surface area contributed by atoms with E-state index >= 15 is 0 Å². The molecule has 1 N–H and O–H groups in total. The van der Waals surface area contributed by atoms with E-state index < -0.39 is 0 Å². The Hall–Kier alpha value is -1.91. The first-order chi connectivity index (χ1) is 7.74. The predicted octanol–water partition coefficient (Wildman–Crippen LogP) is 1.48. The summed E-state index contributed by atoms with van der Waals surface area (Å²) >= 11 is 0. The normalized spacial score (nSPS) is 18.9. The number of ether oxygens (including phenoxy) is 3. The van der Waals surface area contributed by atoms with Crippen LogP contribution in [0, 0.1) is 0 Å². The van der Waals surface area contributed by atoms with E-state index in [-0.39, 0.29) is 12.2 Å². The Morgan fingerprint density at radius 2 is 2.06 bits per heavy atom. The molecule has 0 aromatic heterocycles. The first-order valence-corrected chi connectivity index (χ1v) is 4.91. The second kappa shape index (κ2) is 4.30. The van der Waals surface area contributed by atoms with Crippen molar-refractivity contribution in [1.82, 2.24) is 5.32 Å². The molecule has 1 heterocycles. The number of benzene rings is 1. The first kappa shape index (κ1) is 10.6. The van der Waals surface area contributed by atoms with E-state index in [2.05, 4.69) is 5.32 Å². The summed E-state index contributed by atoms with van der Waals surface area (Å²) in [5, 5.41) is 2.60. The molecule has 0 aliphatic carbocycles. The predicted molar refractivity (Wildman–Crippen MR) is 56.8 cm³/mol. The van der Waals surface area contributed by atoms with E-state index in [0.717, 1.165) is 5.56 Å². The summed E-state index contributed by atoms with van der Waals surface area (Å²) in [6.07, 6.45) is -0.646. The van der Waals surface area contributed by atoms with Gasteiger partial charge in [-0.15, -0.1) is 0 Å². The van der Waals surface area contributed by atoms with Gasteiger partial charge >= 0.3 is 6.09 Å². The molecule has 86 valence electrons. The van der Waals surface area contributed by atoms with Gasteiger partial charge in [-0.2, -0.15) is 0 Å². The Balaban J connectivity index is 2.25. The fourth-order valence-corrected chi connectivity index (χ4v) is 1.63. The Morgan fingerprint density at radius 1 is 1.31 bits per heavy atom. The van der Waals surface area contributed by atoms with Gasteiger partial charge in [-0.1, -0.05) is 6.07 Å². The van der Waals surface area contributed by atoms with E-state index in [1.54, 1.807) is 20.3 Å². The van der Waals surface area contributed by atoms with Crippen molar-refractivity contribution in [2.45, 2.75) is 6.10 Å². The van der Waals surface area contributed by atoms with Crippen LogP contribution in [0.25, 0.3) is 0 Å². The minimum atomic E-state index is -0.389. The minimum Gasteiger partial charge on any atom is -0.493 e. The standard InChI is InChI=1S/C11H13NO4/c1-14-8-4-3-7(5-9(8)15-2)10-6-12-11(13)16-10/h3-5,10H,6H2,1-2H3,(H,12,13). The fraction of sp³-hybridized carbons (Fsp3) is 0.364. The number of amides is 1. The molecule has 1 aromatic rings. The van der Waals surface area contributed by atoms with Gasteiger partial charge in [0.1, 0.15) is 6.10 Å². The lowest BCUT2D eigenvalue weighted by Crippen LogP contribution is -2.12. The molecule has 16 heavy (non-hydrogen) atoms. The van der Waals surface area contributed by atoms with Crippen LogP contribution >= 0.6 is 0 Å². The summed E-state index contributed by atoms with van der Waals surface area (Å²) in [6, 6.07) is 5.45. The van der Waals surface area contributed by atoms with Gasteiger partial charge < -0.3 is 19.5 Å². The SMILES string of the molecule is COc1ccc(C2CNC(=O)O2)cc1OC. The lowest BCUT2D eigenvalue weighted by molar-refractivity contribution is 0.141. The Labute approximate surface area is 93.3 Å². The summed E-state index contributed by atoms with van der Waals surface area (Å²) in [6.45, 7) is 0.480. The molecule has 0 saturated carbocycles. The largest absolute Gasteiger partial charge is 0.493 e. The van der Waals surface area contributed by atoms with Crippen molar-refractivity contribution >= 4 is 6.09 Å². The van der Waals surface area contributed by atoms with Crippen LogP contribution in [0.2, 0.25) is 0 Å². The molecule has 0 bridgehead atoms. The molecule has 1 aliphatic rings. The van der Waals surface area contributed by atoms with Gasteiger partial charge in [0.15, 0.2) is 11.5 Å². The number of nitrogens with one attached hydrogen (secondary N) is 1. The third-order valence-corrected chi connectivity index (χ3v) is 2.46. The molecule has 0 spiro atoms. The number of cyclic esters (lactones) is 1. The van der Waals surface area contributed by atoms with Gasteiger partial charge in [-0.3, -0.25) is 0 Å². The maximum atomic E-state index is 10.9. The van der Waals surface area contributed by atoms with Crippen LogP contribution in [0.15, 0.2) is 18.2 Å². The van der Waals surface area contributed by atoms with E-state index in [4.69, 9.17) is 14.2 Å². The highest BCUT2D eigenvalue weighted by atomic mass is 16.6. The van der Waals surface area contributed by atoms with Gasteiger partial charge in [-0.05, 0) is 17.7 Å². The van der Waals surface area contributed by atoms with Gasteiger partial charge in [0.2, 0.25) is 0 Å². The zero-order valence-electron chi connectivity index (χ0n) is 9.15. The second-order valence-corrected chi connectivity index (χ2v) is 3.39. The topological polar surface area (TPSA) is 56.8 Å². The molecule has 1 unspecified atom stereocenters. The van der Waals surface area contributed by atoms with Crippen molar-refractivity contribution < 1.29 is 19.0 Å². The van der Waals surface area contributed by atoms with Crippen molar-refractivity contribution in [3.63, 3.8) is 0 Å². The lowest BCUT2D eigenvalue weighted by Gasteiger charge is -2.12. The van der Waals surface area contributed by atoms with Crippen molar-refractivity contribution in [2.24, 2.45) is 0 Å². The summed E-state index contributed by atoms with van der Waals surface area (Å²) < 4.78 is 15.4. The Bertz CT molecular complexity index is 405. The number of methoxy groups -OCH3 is 2. The number of hydrogen-bond donors (Lipinski definition) is 1. The number of carbonyl (C=O) groups is 1. The quantitative estimate of drug-likeness (QED) is 0.843. The smallest absolute Gasteiger partial charge is 0.407 e. The molecular formula is C11H13NO4. The van der Waals surface area contributed by atoms with Crippen molar-refractivity contribution in [3.8, 4) is 11.5 Å². The molecular weight excluding hydrogens is 210 g/mol. The monoisotopic (exact) mass is 223 g/mol. The molecule has 5 heteroatoms. The van der Waals surface area contributed by atoms with E-state index in [9.17, 15) is 4.79 Å². The van der Waals surface area contributed by atoms with Crippen LogP contribution in [0.1, 0.15) is 11.7 Å². The second-order valence-electron chi connectivity index (χ2n) is 3.39. The van der Waals surface area contributed by atoms with Gasteiger partial charge in [0.25, 0.3) is 0 Å². The highest BCUT2D eigenvalue weighted by Crippen LogP contribution is 2.31. The lowest BCUT2D eigenvalue weighted by atomic mass is 10.1. The summed E-state index contributed by atoms with van der Waals surface area (Å²) in [4.78, 5) is 10.9. The summed E-state index contributed by atoms with van der Waals surface area (Å²) in [5.74, 6) is 1.28. The summed E-state index contributed by atoms with van der Waals surface area (Å²) in [7, 11) is 3.15. The van der Waals surface area contributed by atoms with E-state index in [0.29, 0.717) is 18.0 Å². The molecule has 1 amide bonds. The molecule has 1 aromatic carbocycles. The van der Waals surface area contributed by atoms with Crippen molar-refractivity contribution in [1.29, 1.82) is 0 Å². The number of rotatable bonds is 3. The molecule has 2 rings (SSSR count). The minimum absolute atomic E-state index is 0.257. The number of hydrogen-bond acceptors (Lipinski definition) is 4. The zero-order valence-corrected chi connectivity index (χ0v) is 9.15. The molecule has 1 atom stereocenters. The fourth-order valence-electron chi connectivity index (χ4n) is 1.63. The van der Waals surface area contributed by atoms with Crippen LogP contribution in [-0.2, 0) is 4.74 Å². The molecule has 1 fully saturated rings. The van der Waals surface area contributed by atoms with Crippen LogP contribution in [0.3, 0.4) is 0 Å². The maximum Gasteiger partial charge on any atom is 0.407 e.